The van der Waals surface area contributed by atoms with Crippen LogP contribution < -0.4 is 18.9 Å². The number of nitrogens with zero attached hydrogens (tertiary/aromatic N) is 2. The van der Waals surface area contributed by atoms with Crippen LogP contribution in [0.5, 0.6) is 11.5 Å². The Morgan fingerprint density at radius 1 is 0.922 bits per heavy atom. The van der Waals surface area contributed by atoms with Gasteiger partial charge in [0.2, 0.25) is 5.52 Å². The average molecular weight is 820 g/mol. The van der Waals surface area contributed by atoms with Crippen molar-refractivity contribution in [3.05, 3.63) is 58.3 Å². The van der Waals surface area contributed by atoms with Crippen LogP contribution in [-0.4, -0.2) is 89.0 Å². The zero-order valence-electron chi connectivity index (χ0n) is 28.7. The van der Waals surface area contributed by atoms with E-state index in [1.807, 2.05) is 48.9 Å². The Labute approximate surface area is 316 Å². The minimum Gasteiger partial charge on any atom is -0.496 e. The van der Waals surface area contributed by atoms with Crippen molar-refractivity contribution >= 4 is 88.8 Å². The molecule has 51 heavy (non-hydrogen) atoms. The molecule has 0 aliphatic carbocycles. The number of aliphatic hydroxyl groups excluding tert-OH is 1. The molecule has 280 valence electrons. The molecule has 12 nitrogen and oxygen atoms in total. The first kappa shape index (κ1) is 41.3. The van der Waals surface area contributed by atoms with Gasteiger partial charge in [-0.2, -0.15) is 21.4 Å². The quantitative estimate of drug-likeness (QED) is 0.0289. The number of unbranched alkanes of at least 4 members (excludes halogenated alkanes) is 2. The van der Waals surface area contributed by atoms with E-state index in [1.165, 1.54) is 0 Å². The monoisotopic (exact) mass is 819 g/mol. The van der Waals surface area contributed by atoms with Crippen LogP contribution >= 0.6 is 46.6 Å². The van der Waals surface area contributed by atoms with E-state index >= 15 is 0 Å². The number of ether oxygens (including phenoxy) is 3. The molecule has 0 spiro atoms. The van der Waals surface area contributed by atoms with E-state index in [9.17, 15) is 31.0 Å². The predicted molar refractivity (Wildman–Crippen MR) is 208 cm³/mol. The number of hydrogen-bond acceptors (Lipinski definition) is 13. The summed E-state index contributed by atoms with van der Waals surface area (Å²) in [4.78, 5) is 5.07. The molecule has 4 rings (SSSR count). The van der Waals surface area contributed by atoms with E-state index in [0.29, 0.717) is 44.5 Å². The number of aliphatic hydroxyl groups is 1. The Morgan fingerprint density at radius 3 is 2.20 bits per heavy atom. The number of benzene rings is 2. The van der Waals surface area contributed by atoms with E-state index in [0.717, 1.165) is 52.1 Å². The van der Waals surface area contributed by atoms with Crippen LogP contribution in [0.2, 0.25) is 0 Å². The molecule has 0 amide bonds. The molecule has 0 saturated carbocycles. The molecule has 3 aromatic rings. The maximum atomic E-state index is 11.3. The van der Waals surface area contributed by atoms with Crippen LogP contribution in [0.25, 0.3) is 16.3 Å². The van der Waals surface area contributed by atoms with Gasteiger partial charge in [0, 0.05) is 30.0 Å². The number of allylic oxidation sites excluding steroid dienone is 3. The molecule has 18 heteroatoms. The highest BCUT2D eigenvalue weighted by atomic mass is 32.2. The average Bonchev–Trinajstić information content (AvgIpc) is 3.61. The van der Waals surface area contributed by atoms with Crippen LogP contribution in [0.4, 0.5) is 5.69 Å². The smallest absolute Gasteiger partial charge is 0.264 e. The molecule has 0 fully saturated rings. The van der Waals surface area contributed by atoms with Crippen LogP contribution in [0.3, 0.4) is 0 Å². The summed E-state index contributed by atoms with van der Waals surface area (Å²) < 4.78 is 84.1. The Kier molecular flexibility index (Phi) is 15.5. The molecule has 0 atom stereocenters. The standard InChI is InChI=1S/C33H42N2O10S6/c1-43-26-19-24-28(21-30(26)46-3)48-32(34(24)13-5-7-17-50(37,38)39)11-9-23(45-16-15-36)10-12-33-35(14-6-8-18-51(40,41)42)25-20-27(44-2)31(47-4)22-29(25)49-33/h9-12,19-22,36H,5-8,13-18H2,1-4H3,(H-,37,38,39,40,41,42)/p+1. The fourth-order valence-corrected chi connectivity index (χ4v) is 9.97. The highest BCUT2D eigenvalue weighted by Gasteiger charge is 2.27. The SMILES string of the molecule is COc1cc2c(cc1SC)SC(=CC=C(C=Cc1sc3cc(SC)c(OC)cc3[n+]1CCCCS(=O)(=O)O)OCCO)N2CCCCS(=O)(=O)O. The van der Waals surface area contributed by atoms with Gasteiger partial charge in [0.1, 0.15) is 28.6 Å². The lowest BCUT2D eigenvalue weighted by molar-refractivity contribution is -0.669. The van der Waals surface area contributed by atoms with Gasteiger partial charge < -0.3 is 24.2 Å². The third-order valence-electron chi connectivity index (χ3n) is 7.68. The van der Waals surface area contributed by atoms with Gasteiger partial charge in [0.05, 0.1) is 58.9 Å². The maximum Gasteiger partial charge on any atom is 0.264 e. The molecule has 0 bridgehead atoms. The first-order valence-corrected chi connectivity index (χ1v) is 23.1. The van der Waals surface area contributed by atoms with Crippen molar-refractivity contribution in [2.75, 3.05) is 62.9 Å². The van der Waals surface area contributed by atoms with Gasteiger partial charge in [-0.25, -0.2) is 0 Å². The molecule has 1 aliphatic rings. The number of anilines is 1. The van der Waals surface area contributed by atoms with E-state index < -0.39 is 20.2 Å². The predicted octanol–water partition coefficient (Wildman–Crippen LogP) is 6.35. The van der Waals surface area contributed by atoms with Crippen LogP contribution in [-0.2, 0) is 31.5 Å². The van der Waals surface area contributed by atoms with Crippen molar-refractivity contribution in [1.82, 2.24) is 0 Å². The molecule has 0 saturated heterocycles. The zero-order valence-corrected chi connectivity index (χ0v) is 33.6. The summed E-state index contributed by atoms with van der Waals surface area (Å²) in [5, 5.41) is 11.3. The zero-order chi connectivity index (χ0) is 37.2. The van der Waals surface area contributed by atoms with E-state index in [2.05, 4.69) is 21.6 Å². The highest BCUT2D eigenvalue weighted by Crippen LogP contribution is 2.50. The molecular formula is C33H43N2O10S6+. The fourth-order valence-electron chi connectivity index (χ4n) is 5.30. The second-order valence-electron chi connectivity index (χ2n) is 11.2. The maximum absolute atomic E-state index is 11.3. The Bertz CT molecular complexity index is 1990. The first-order chi connectivity index (χ1) is 24.3. The van der Waals surface area contributed by atoms with Crippen molar-refractivity contribution < 1.29 is 49.8 Å². The van der Waals surface area contributed by atoms with Crippen LogP contribution in [0, 0.1) is 0 Å². The summed E-state index contributed by atoms with van der Waals surface area (Å²) in [6.45, 7) is 0.880. The van der Waals surface area contributed by atoms with Crippen molar-refractivity contribution in [3.8, 4) is 11.5 Å². The number of aryl methyl sites for hydroxylation is 1. The summed E-state index contributed by atoms with van der Waals surface area (Å²) in [6, 6.07) is 8.07. The van der Waals surface area contributed by atoms with Crippen LogP contribution in [0.1, 0.15) is 30.7 Å². The number of thioether (sulfide) groups is 3. The molecule has 2 aromatic carbocycles. The molecule has 1 aliphatic heterocycles. The number of aromatic nitrogens is 1. The highest BCUT2D eigenvalue weighted by molar-refractivity contribution is 8.03. The lowest BCUT2D eigenvalue weighted by atomic mass is 10.2. The van der Waals surface area contributed by atoms with Gasteiger partial charge in [0.15, 0.2) is 6.54 Å². The lowest BCUT2D eigenvalue weighted by Gasteiger charge is -2.21. The third-order valence-corrected chi connectivity index (χ3v) is 13.0. The second kappa shape index (κ2) is 19.1. The summed E-state index contributed by atoms with van der Waals surface area (Å²) >= 11 is 6.28. The van der Waals surface area contributed by atoms with Crippen LogP contribution in [0.15, 0.2) is 68.0 Å². The third kappa shape index (κ3) is 11.8. The molecule has 0 unspecified atom stereocenters. The Balaban J connectivity index is 1.70. The molecular weight excluding hydrogens is 777 g/mol. The summed E-state index contributed by atoms with van der Waals surface area (Å²) in [7, 11) is -4.89. The molecule has 2 heterocycles. The number of thiazole rings is 1. The minimum absolute atomic E-state index is 0.0661. The number of methoxy groups -OCH3 is 2. The molecule has 3 N–H and O–H groups in total. The van der Waals surface area contributed by atoms with E-state index in [4.69, 9.17) is 14.2 Å². The number of rotatable bonds is 20. The topological polar surface area (TPSA) is 164 Å². The van der Waals surface area contributed by atoms with Gasteiger partial charge >= 0.3 is 0 Å². The van der Waals surface area contributed by atoms with Crippen molar-refractivity contribution in [1.29, 1.82) is 0 Å². The van der Waals surface area contributed by atoms with Gasteiger partial charge in [-0.1, -0.05) is 23.1 Å². The fraction of sp³-hybridized carbons (Fsp3) is 0.424. The summed E-state index contributed by atoms with van der Waals surface area (Å²) in [5.41, 5.74) is 1.85. The largest absolute Gasteiger partial charge is 0.496 e. The van der Waals surface area contributed by atoms with Gasteiger partial charge in [-0.3, -0.25) is 9.11 Å². The second-order valence-corrected chi connectivity index (χ2v) is 18.1. The van der Waals surface area contributed by atoms with E-state index in [-0.39, 0.29) is 24.7 Å². The van der Waals surface area contributed by atoms with Crippen molar-refractivity contribution in [3.63, 3.8) is 0 Å². The summed E-state index contributed by atoms with van der Waals surface area (Å²) in [6.07, 6.45) is 13.0. The first-order valence-electron chi connectivity index (χ1n) is 15.8. The number of hydrogen-bond donors (Lipinski definition) is 3. The van der Waals surface area contributed by atoms with Gasteiger partial charge in [-0.15, -0.1) is 23.5 Å². The normalized spacial score (nSPS) is 14.6. The summed E-state index contributed by atoms with van der Waals surface area (Å²) in [5.74, 6) is 1.31. The molecule has 1 aromatic heterocycles. The van der Waals surface area contributed by atoms with Gasteiger partial charge in [0.25, 0.3) is 25.2 Å². The van der Waals surface area contributed by atoms with Gasteiger partial charge in [-0.05, 0) is 62.1 Å². The van der Waals surface area contributed by atoms with E-state index in [1.54, 1.807) is 60.8 Å². The lowest BCUT2D eigenvalue weighted by Crippen LogP contribution is -2.35. The van der Waals surface area contributed by atoms with Crippen molar-refractivity contribution in [2.24, 2.45) is 0 Å². The Morgan fingerprint density at radius 2 is 1.57 bits per heavy atom. The molecule has 0 radical (unpaired) electrons. The Hall–Kier alpha value is -2.42. The van der Waals surface area contributed by atoms with Crippen molar-refractivity contribution in [2.45, 2.75) is 46.9 Å². The number of fused-ring (bicyclic) bond motifs is 2. The minimum atomic E-state index is -4.06.